The number of rotatable bonds is 4. The fourth-order valence-electron chi connectivity index (χ4n) is 5.12. The van der Waals surface area contributed by atoms with Gasteiger partial charge in [0.15, 0.2) is 0 Å². The van der Waals surface area contributed by atoms with Crippen molar-refractivity contribution in [3.63, 3.8) is 0 Å². The summed E-state index contributed by atoms with van der Waals surface area (Å²) in [4.78, 5) is 37.5. The summed E-state index contributed by atoms with van der Waals surface area (Å²) in [6, 6.07) is 13.3. The molecular weight excluding hydrogens is 430 g/mol. The Labute approximate surface area is 198 Å². The Morgan fingerprint density at radius 1 is 1.15 bits per heavy atom. The van der Waals surface area contributed by atoms with E-state index in [2.05, 4.69) is 21.4 Å². The van der Waals surface area contributed by atoms with Crippen molar-refractivity contribution >= 4 is 17.5 Å². The van der Waals surface area contributed by atoms with Gasteiger partial charge in [-0.1, -0.05) is 18.2 Å². The molecule has 8 nitrogen and oxygen atoms in total. The van der Waals surface area contributed by atoms with E-state index in [-0.39, 0.29) is 36.4 Å². The second kappa shape index (κ2) is 8.87. The van der Waals surface area contributed by atoms with Crippen molar-refractivity contribution in [3.8, 4) is 11.1 Å². The smallest absolute Gasteiger partial charge is 0.274 e. The first-order valence-corrected chi connectivity index (χ1v) is 11.4. The summed E-state index contributed by atoms with van der Waals surface area (Å²) in [6.07, 6.45) is 5.34. The first-order chi connectivity index (χ1) is 16.5. The van der Waals surface area contributed by atoms with Crippen molar-refractivity contribution in [2.45, 2.75) is 18.5 Å². The van der Waals surface area contributed by atoms with E-state index in [1.165, 1.54) is 12.4 Å². The lowest BCUT2D eigenvalue weighted by Crippen LogP contribution is -2.43. The monoisotopic (exact) mass is 457 g/mol. The van der Waals surface area contributed by atoms with Crippen LogP contribution in [-0.4, -0.2) is 70.0 Å². The van der Waals surface area contributed by atoms with E-state index >= 15 is 0 Å². The van der Waals surface area contributed by atoms with Crippen LogP contribution in [0.15, 0.2) is 61.1 Å². The van der Waals surface area contributed by atoms with Gasteiger partial charge in [-0.25, -0.2) is 4.98 Å². The number of aromatic nitrogens is 2. The lowest BCUT2D eigenvalue weighted by Gasteiger charge is -2.39. The van der Waals surface area contributed by atoms with Crippen LogP contribution < -0.4 is 5.32 Å². The van der Waals surface area contributed by atoms with Crippen LogP contribution in [0.2, 0.25) is 0 Å². The summed E-state index contributed by atoms with van der Waals surface area (Å²) in [5.41, 5.74) is 4.75. The van der Waals surface area contributed by atoms with E-state index < -0.39 is 0 Å². The largest absolute Gasteiger partial charge is 0.394 e. The SMILES string of the molecule is CN(C)C(=O)c1cccc(-c2ccc3c(c2)[C@@H]2[C@@H](CCN2C(=O)c2cnccn2)[C@H](CO)N3)c1. The summed E-state index contributed by atoms with van der Waals surface area (Å²) < 4.78 is 0. The standard InChI is InChI=1S/C26H27N5O3/c1-30(2)25(33)18-5-3-4-16(12-18)17-6-7-21-20(13-17)24-19(23(15-32)29-21)8-11-31(24)26(34)22-14-27-9-10-28-22/h3-7,9-10,12-14,19,23-24,29,32H,8,11,15H2,1-2H3/t19-,23-,24-/m0/s1. The quantitative estimate of drug-likeness (QED) is 0.625. The minimum Gasteiger partial charge on any atom is -0.394 e. The molecule has 174 valence electrons. The molecular formula is C26H27N5O3. The Balaban J connectivity index is 1.55. The number of aliphatic hydroxyl groups is 1. The van der Waals surface area contributed by atoms with Crippen LogP contribution >= 0.6 is 0 Å². The van der Waals surface area contributed by atoms with Gasteiger partial charge in [0.05, 0.1) is 24.9 Å². The van der Waals surface area contributed by atoms with Crippen LogP contribution in [0.4, 0.5) is 5.69 Å². The number of likely N-dealkylation sites (tertiary alicyclic amines) is 1. The molecule has 0 spiro atoms. The highest BCUT2D eigenvalue weighted by Gasteiger charge is 2.46. The highest BCUT2D eigenvalue weighted by atomic mass is 16.3. The number of carbonyl (C=O) groups excluding carboxylic acids is 2. The maximum atomic E-state index is 13.3. The third-order valence-electron chi connectivity index (χ3n) is 6.76. The number of carbonyl (C=O) groups is 2. The fourth-order valence-corrected chi connectivity index (χ4v) is 5.12. The van der Waals surface area contributed by atoms with Crippen LogP contribution in [-0.2, 0) is 0 Å². The molecule has 1 saturated heterocycles. The van der Waals surface area contributed by atoms with Crippen LogP contribution in [0.3, 0.4) is 0 Å². The predicted molar refractivity (Wildman–Crippen MR) is 128 cm³/mol. The molecule has 3 aromatic rings. The zero-order valence-electron chi connectivity index (χ0n) is 19.2. The van der Waals surface area contributed by atoms with E-state index in [0.717, 1.165) is 28.8 Å². The Bertz CT molecular complexity index is 1230. The van der Waals surface area contributed by atoms with Crippen LogP contribution in [0.1, 0.15) is 38.9 Å². The van der Waals surface area contributed by atoms with Crippen molar-refractivity contribution in [2.24, 2.45) is 5.92 Å². The van der Waals surface area contributed by atoms with Gasteiger partial charge in [-0.3, -0.25) is 14.6 Å². The highest BCUT2D eigenvalue weighted by molar-refractivity contribution is 5.95. The van der Waals surface area contributed by atoms with Crippen molar-refractivity contribution in [3.05, 3.63) is 77.9 Å². The molecule has 1 aromatic heterocycles. The maximum absolute atomic E-state index is 13.3. The molecule has 0 radical (unpaired) electrons. The molecule has 0 bridgehead atoms. The third-order valence-corrected chi connectivity index (χ3v) is 6.76. The van der Waals surface area contributed by atoms with Crippen molar-refractivity contribution < 1.29 is 14.7 Å². The number of hydrogen-bond donors (Lipinski definition) is 2. The molecule has 0 saturated carbocycles. The number of amides is 2. The second-order valence-electron chi connectivity index (χ2n) is 9.00. The summed E-state index contributed by atoms with van der Waals surface area (Å²) in [6.45, 7) is 0.573. The normalized spacial score (nSPS) is 20.8. The first kappa shape index (κ1) is 22.0. The number of benzene rings is 2. The van der Waals surface area contributed by atoms with Crippen molar-refractivity contribution in [1.82, 2.24) is 19.8 Å². The third kappa shape index (κ3) is 3.80. The van der Waals surface area contributed by atoms with Gasteiger partial charge in [0, 0.05) is 50.2 Å². The molecule has 2 aromatic carbocycles. The fraction of sp³-hybridized carbons (Fsp3) is 0.308. The lowest BCUT2D eigenvalue weighted by atomic mass is 9.82. The Morgan fingerprint density at radius 3 is 2.71 bits per heavy atom. The highest BCUT2D eigenvalue weighted by Crippen LogP contribution is 2.47. The first-order valence-electron chi connectivity index (χ1n) is 11.4. The average Bonchev–Trinajstić information content (AvgIpc) is 3.33. The molecule has 1 fully saturated rings. The summed E-state index contributed by atoms with van der Waals surface area (Å²) in [7, 11) is 3.47. The van der Waals surface area contributed by atoms with Crippen LogP contribution in [0.5, 0.6) is 0 Å². The average molecular weight is 458 g/mol. The number of nitrogens with one attached hydrogen (secondary N) is 1. The number of hydrogen-bond acceptors (Lipinski definition) is 6. The molecule has 2 aliphatic rings. The predicted octanol–water partition coefficient (Wildman–Crippen LogP) is 2.84. The molecule has 34 heavy (non-hydrogen) atoms. The van der Waals surface area contributed by atoms with E-state index in [4.69, 9.17) is 0 Å². The number of anilines is 1. The number of aliphatic hydroxyl groups excluding tert-OH is 1. The molecule has 3 atom stereocenters. The number of fused-ring (bicyclic) bond motifs is 3. The minimum atomic E-state index is -0.186. The van der Waals surface area contributed by atoms with Gasteiger partial charge in [-0.2, -0.15) is 0 Å². The van der Waals surface area contributed by atoms with E-state index in [1.54, 1.807) is 25.2 Å². The number of nitrogens with zero attached hydrogens (tertiary/aromatic N) is 4. The Hall–Kier alpha value is -3.78. The summed E-state index contributed by atoms with van der Waals surface area (Å²) >= 11 is 0. The molecule has 0 aliphatic carbocycles. The maximum Gasteiger partial charge on any atom is 0.274 e. The molecule has 2 N–H and O–H groups in total. The van der Waals surface area contributed by atoms with Crippen LogP contribution in [0, 0.1) is 5.92 Å². The van der Waals surface area contributed by atoms with Crippen LogP contribution in [0.25, 0.3) is 11.1 Å². The van der Waals surface area contributed by atoms with E-state index in [0.29, 0.717) is 17.8 Å². The lowest BCUT2D eigenvalue weighted by molar-refractivity contribution is 0.0694. The zero-order chi connectivity index (χ0) is 23.8. The van der Waals surface area contributed by atoms with Gasteiger partial charge in [0.1, 0.15) is 5.69 Å². The molecule has 5 rings (SSSR count). The second-order valence-corrected chi connectivity index (χ2v) is 9.00. The molecule has 2 aliphatic heterocycles. The van der Waals surface area contributed by atoms with Gasteiger partial charge < -0.3 is 20.2 Å². The van der Waals surface area contributed by atoms with Gasteiger partial charge in [-0.05, 0) is 47.4 Å². The van der Waals surface area contributed by atoms with E-state index in [9.17, 15) is 14.7 Å². The molecule has 2 amide bonds. The van der Waals surface area contributed by atoms with Gasteiger partial charge in [0.2, 0.25) is 0 Å². The van der Waals surface area contributed by atoms with Crippen molar-refractivity contribution in [2.75, 3.05) is 32.6 Å². The summed E-state index contributed by atoms with van der Waals surface area (Å²) in [5, 5.41) is 13.5. The topological polar surface area (TPSA) is 98.7 Å². The van der Waals surface area contributed by atoms with Crippen molar-refractivity contribution in [1.29, 1.82) is 0 Å². The molecule has 3 heterocycles. The molecule has 0 unspecified atom stereocenters. The summed E-state index contributed by atoms with van der Waals surface area (Å²) in [5.74, 6) is -0.131. The molecule has 8 heteroatoms. The van der Waals surface area contributed by atoms with Gasteiger partial charge in [-0.15, -0.1) is 0 Å². The van der Waals surface area contributed by atoms with Gasteiger partial charge >= 0.3 is 0 Å². The zero-order valence-corrected chi connectivity index (χ0v) is 19.2. The van der Waals surface area contributed by atoms with E-state index in [1.807, 2.05) is 41.3 Å². The van der Waals surface area contributed by atoms with Gasteiger partial charge in [0.25, 0.3) is 11.8 Å². The Morgan fingerprint density at radius 2 is 1.97 bits per heavy atom. The Kier molecular flexibility index (Phi) is 5.75. The minimum absolute atomic E-state index is 0.00970.